The largest absolute Gasteiger partial charge is 0.384 e. The van der Waals surface area contributed by atoms with Crippen molar-refractivity contribution in [1.29, 1.82) is 0 Å². The van der Waals surface area contributed by atoms with Gasteiger partial charge in [0, 0.05) is 11.6 Å². The smallest absolute Gasteiger partial charge is 0.123 e. The van der Waals surface area contributed by atoms with Gasteiger partial charge in [0.25, 0.3) is 0 Å². The Morgan fingerprint density at radius 3 is 2.47 bits per heavy atom. The lowest BCUT2D eigenvalue weighted by Crippen LogP contribution is -2.24. The Morgan fingerprint density at radius 2 is 1.94 bits per heavy atom. The van der Waals surface area contributed by atoms with Crippen molar-refractivity contribution in [1.82, 2.24) is 9.78 Å². The Labute approximate surface area is 100 Å². The van der Waals surface area contributed by atoms with Crippen molar-refractivity contribution in [2.75, 3.05) is 5.73 Å². The number of anilines is 1. The van der Waals surface area contributed by atoms with Crippen LogP contribution in [-0.2, 0) is 5.54 Å². The summed E-state index contributed by atoms with van der Waals surface area (Å²) in [6.45, 7) is 6.06. The molecule has 0 aliphatic rings. The molecule has 4 heteroatoms. The number of nitrogens with two attached hydrogens (primary N) is 1. The highest BCUT2D eigenvalue weighted by molar-refractivity contribution is 5.62. The molecule has 0 amide bonds. The zero-order valence-electron chi connectivity index (χ0n) is 10.2. The maximum atomic E-state index is 13.1. The summed E-state index contributed by atoms with van der Waals surface area (Å²) in [5.41, 5.74) is 7.15. The number of hydrogen-bond acceptors (Lipinski definition) is 2. The van der Waals surface area contributed by atoms with Gasteiger partial charge in [-0.05, 0) is 32.9 Å². The SMILES string of the molecule is CC(C)(C)n1nc(-c2cccc(F)c2)cc1N. The van der Waals surface area contributed by atoms with E-state index in [-0.39, 0.29) is 11.4 Å². The standard InChI is InChI=1S/C13H16FN3/c1-13(2,3)17-12(15)8-11(16-17)9-5-4-6-10(14)7-9/h4-8H,15H2,1-3H3. The summed E-state index contributed by atoms with van der Waals surface area (Å²) in [4.78, 5) is 0. The average molecular weight is 233 g/mol. The van der Waals surface area contributed by atoms with Crippen LogP contribution in [-0.4, -0.2) is 9.78 Å². The molecule has 0 spiro atoms. The molecule has 17 heavy (non-hydrogen) atoms. The molecule has 2 N–H and O–H groups in total. The zero-order chi connectivity index (χ0) is 12.6. The molecule has 0 aliphatic carbocycles. The van der Waals surface area contributed by atoms with Crippen LogP contribution in [0.15, 0.2) is 30.3 Å². The summed E-state index contributed by atoms with van der Waals surface area (Å²) in [5.74, 6) is 0.308. The van der Waals surface area contributed by atoms with Crippen molar-refractivity contribution in [2.45, 2.75) is 26.3 Å². The van der Waals surface area contributed by atoms with Gasteiger partial charge in [0.2, 0.25) is 0 Å². The van der Waals surface area contributed by atoms with E-state index in [9.17, 15) is 4.39 Å². The van der Waals surface area contributed by atoms with Crippen LogP contribution >= 0.6 is 0 Å². The maximum absolute atomic E-state index is 13.1. The predicted molar refractivity (Wildman–Crippen MR) is 67.0 cm³/mol. The topological polar surface area (TPSA) is 43.8 Å². The van der Waals surface area contributed by atoms with E-state index in [1.165, 1.54) is 12.1 Å². The Morgan fingerprint density at radius 1 is 1.24 bits per heavy atom. The van der Waals surface area contributed by atoms with Crippen molar-refractivity contribution in [3.8, 4) is 11.3 Å². The average Bonchev–Trinajstić information content (AvgIpc) is 2.60. The molecule has 0 bridgehead atoms. The van der Waals surface area contributed by atoms with Gasteiger partial charge in [-0.1, -0.05) is 12.1 Å². The third kappa shape index (κ3) is 2.30. The van der Waals surface area contributed by atoms with Crippen molar-refractivity contribution in [2.24, 2.45) is 0 Å². The van der Waals surface area contributed by atoms with E-state index < -0.39 is 0 Å². The minimum atomic E-state index is -0.272. The molecule has 0 saturated heterocycles. The molecule has 0 atom stereocenters. The Hall–Kier alpha value is -1.84. The summed E-state index contributed by atoms with van der Waals surface area (Å²) < 4.78 is 14.9. The van der Waals surface area contributed by atoms with E-state index in [1.54, 1.807) is 16.8 Å². The van der Waals surface area contributed by atoms with Gasteiger partial charge >= 0.3 is 0 Å². The van der Waals surface area contributed by atoms with Crippen molar-refractivity contribution >= 4 is 5.82 Å². The summed E-state index contributed by atoms with van der Waals surface area (Å²) in [6, 6.07) is 8.11. The second kappa shape index (κ2) is 3.87. The van der Waals surface area contributed by atoms with E-state index in [2.05, 4.69) is 5.10 Å². The van der Waals surface area contributed by atoms with E-state index >= 15 is 0 Å². The highest BCUT2D eigenvalue weighted by Crippen LogP contribution is 2.25. The highest BCUT2D eigenvalue weighted by atomic mass is 19.1. The highest BCUT2D eigenvalue weighted by Gasteiger charge is 2.18. The van der Waals surface area contributed by atoms with Crippen LogP contribution in [0.25, 0.3) is 11.3 Å². The fraction of sp³-hybridized carbons (Fsp3) is 0.308. The molecule has 0 aliphatic heterocycles. The molecule has 1 aromatic heterocycles. The van der Waals surface area contributed by atoms with Gasteiger partial charge < -0.3 is 5.73 Å². The van der Waals surface area contributed by atoms with Crippen molar-refractivity contribution < 1.29 is 4.39 Å². The fourth-order valence-electron chi connectivity index (χ4n) is 1.72. The van der Waals surface area contributed by atoms with Gasteiger partial charge in [-0.2, -0.15) is 5.10 Å². The number of hydrogen-bond donors (Lipinski definition) is 1. The Balaban J connectivity index is 2.49. The van der Waals surface area contributed by atoms with E-state index in [1.807, 2.05) is 26.8 Å². The normalized spacial score (nSPS) is 11.8. The lowest BCUT2D eigenvalue weighted by molar-refractivity contribution is 0.362. The van der Waals surface area contributed by atoms with Crippen LogP contribution in [0, 0.1) is 5.82 Å². The molecule has 0 saturated carbocycles. The molecule has 2 aromatic rings. The number of nitrogens with zero attached hydrogens (tertiary/aromatic N) is 2. The molecule has 1 heterocycles. The monoisotopic (exact) mass is 233 g/mol. The van der Waals surface area contributed by atoms with E-state index in [0.717, 1.165) is 5.56 Å². The molecule has 0 radical (unpaired) electrons. The number of aromatic nitrogens is 2. The lowest BCUT2D eigenvalue weighted by atomic mass is 10.1. The van der Waals surface area contributed by atoms with Gasteiger partial charge in [0.15, 0.2) is 0 Å². The third-order valence-electron chi connectivity index (χ3n) is 2.49. The number of rotatable bonds is 1. The minimum absolute atomic E-state index is 0.185. The van der Waals surface area contributed by atoms with Gasteiger partial charge in [-0.3, -0.25) is 0 Å². The molecule has 90 valence electrons. The quantitative estimate of drug-likeness (QED) is 0.822. The van der Waals surface area contributed by atoms with Crippen LogP contribution in [0.5, 0.6) is 0 Å². The van der Waals surface area contributed by atoms with Crippen LogP contribution in [0.2, 0.25) is 0 Å². The van der Waals surface area contributed by atoms with E-state index in [4.69, 9.17) is 5.73 Å². The van der Waals surface area contributed by atoms with Crippen LogP contribution in [0.1, 0.15) is 20.8 Å². The minimum Gasteiger partial charge on any atom is -0.384 e. The lowest BCUT2D eigenvalue weighted by Gasteiger charge is -2.20. The Bertz CT molecular complexity index is 538. The first-order chi connectivity index (χ1) is 7.88. The first kappa shape index (κ1) is 11.6. The number of benzene rings is 1. The molecular weight excluding hydrogens is 217 g/mol. The fourth-order valence-corrected chi connectivity index (χ4v) is 1.72. The van der Waals surface area contributed by atoms with Gasteiger partial charge in [0.1, 0.15) is 11.6 Å². The third-order valence-corrected chi connectivity index (χ3v) is 2.49. The first-order valence-electron chi connectivity index (χ1n) is 5.50. The van der Waals surface area contributed by atoms with E-state index in [0.29, 0.717) is 11.5 Å². The van der Waals surface area contributed by atoms with Crippen LogP contribution in [0.3, 0.4) is 0 Å². The summed E-state index contributed by atoms with van der Waals surface area (Å²) in [6.07, 6.45) is 0. The maximum Gasteiger partial charge on any atom is 0.123 e. The van der Waals surface area contributed by atoms with Gasteiger partial charge in [-0.15, -0.1) is 0 Å². The summed E-state index contributed by atoms with van der Waals surface area (Å²) in [7, 11) is 0. The molecule has 0 unspecified atom stereocenters. The second-order valence-corrected chi connectivity index (χ2v) is 5.05. The summed E-state index contributed by atoms with van der Waals surface area (Å²) in [5, 5.41) is 4.42. The van der Waals surface area contributed by atoms with Crippen molar-refractivity contribution in [3.05, 3.63) is 36.1 Å². The van der Waals surface area contributed by atoms with Crippen molar-refractivity contribution in [3.63, 3.8) is 0 Å². The molecular formula is C13H16FN3. The summed E-state index contributed by atoms with van der Waals surface area (Å²) >= 11 is 0. The zero-order valence-corrected chi connectivity index (χ0v) is 10.2. The number of nitrogen functional groups attached to an aromatic ring is 1. The molecule has 2 rings (SSSR count). The molecule has 0 fully saturated rings. The Kier molecular flexibility index (Phi) is 2.65. The molecule has 1 aromatic carbocycles. The van der Waals surface area contributed by atoms with Gasteiger partial charge in [-0.25, -0.2) is 9.07 Å². The second-order valence-electron chi connectivity index (χ2n) is 5.05. The first-order valence-corrected chi connectivity index (χ1v) is 5.50. The van der Waals surface area contributed by atoms with Crippen LogP contribution < -0.4 is 5.73 Å². The molecule has 3 nitrogen and oxygen atoms in total. The van der Waals surface area contributed by atoms with Crippen LogP contribution in [0.4, 0.5) is 10.2 Å². The number of halogens is 1. The van der Waals surface area contributed by atoms with Gasteiger partial charge in [0.05, 0.1) is 11.2 Å². The predicted octanol–water partition coefficient (Wildman–Crippen LogP) is 3.03.